The summed E-state index contributed by atoms with van der Waals surface area (Å²) in [6.45, 7) is 9.33. The molecule has 1 amide bonds. The van der Waals surface area contributed by atoms with Crippen molar-refractivity contribution >= 4 is 6.09 Å². The van der Waals surface area contributed by atoms with Crippen LogP contribution in [0.1, 0.15) is 52.4 Å². The monoisotopic (exact) mass is 267 g/mol. The lowest BCUT2D eigenvalue weighted by molar-refractivity contribution is 0.137. The van der Waals surface area contributed by atoms with E-state index in [1.807, 2.05) is 13.0 Å². The van der Waals surface area contributed by atoms with Gasteiger partial charge in [-0.15, -0.1) is 6.58 Å². The van der Waals surface area contributed by atoms with E-state index in [1.165, 1.54) is 25.7 Å². The Morgan fingerprint density at radius 1 is 1.21 bits per heavy atom. The number of ether oxygens (including phenoxy) is 1. The number of alkyl carbamates (subject to hydrolysis) is 1. The fourth-order valence-corrected chi connectivity index (χ4v) is 2.83. The molecule has 0 aromatic heterocycles. The first-order chi connectivity index (χ1) is 9.24. The Labute approximate surface area is 117 Å². The van der Waals surface area contributed by atoms with Crippen LogP contribution in [0.15, 0.2) is 12.7 Å². The van der Waals surface area contributed by atoms with Gasteiger partial charge in [0.25, 0.3) is 0 Å². The molecule has 1 aliphatic rings. The maximum absolute atomic E-state index is 11.4. The Morgan fingerprint density at radius 3 is 2.58 bits per heavy atom. The third-order valence-electron chi connectivity index (χ3n) is 4.03. The largest absolute Gasteiger partial charge is 0.449 e. The van der Waals surface area contributed by atoms with Gasteiger partial charge in [-0.25, -0.2) is 4.79 Å². The van der Waals surface area contributed by atoms with Crippen molar-refractivity contribution in [2.75, 3.05) is 13.2 Å². The number of hydrogen-bond acceptors (Lipinski definition) is 2. The summed E-state index contributed by atoms with van der Waals surface area (Å²) < 4.78 is 5.31. The first-order valence-corrected chi connectivity index (χ1v) is 7.76. The van der Waals surface area contributed by atoms with Gasteiger partial charge in [0.15, 0.2) is 0 Å². The molecule has 110 valence electrons. The summed E-state index contributed by atoms with van der Waals surface area (Å²) in [7, 11) is 0. The SMILES string of the molecule is C=CCCC1C(CCCC)C1COC(=O)NCCC. The second kappa shape index (κ2) is 9.00. The van der Waals surface area contributed by atoms with E-state index >= 15 is 0 Å². The highest BCUT2D eigenvalue weighted by molar-refractivity contribution is 5.67. The summed E-state index contributed by atoms with van der Waals surface area (Å²) in [6, 6.07) is 0. The van der Waals surface area contributed by atoms with Crippen molar-refractivity contribution in [3.8, 4) is 0 Å². The van der Waals surface area contributed by atoms with E-state index < -0.39 is 0 Å². The van der Waals surface area contributed by atoms with Crippen LogP contribution in [0.4, 0.5) is 4.79 Å². The summed E-state index contributed by atoms with van der Waals surface area (Å²) in [6.07, 6.45) is 8.76. The van der Waals surface area contributed by atoms with Gasteiger partial charge in [-0.1, -0.05) is 32.8 Å². The second-order valence-corrected chi connectivity index (χ2v) is 5.53. The average molecular weight is 267 g/mol. The molecule has 3 atom stereocenters. The lowest BCUT2D eigenvalue weighted by Gasteiger charge is -2.05. The van der Waals surface area contributed by atoms with E-state index in [-0.39, 0.29) is 6.09 Å². The van der Waals surface area contributed by atoms with Crippen molar-refractivity contribution in [1.29, 1.82) is 0 Å². The standard InChI is InChI=1S/C16H29NO2/c1-4-7-9-13-14(10-8-5-2)15(13)12-19-16(18)17-11-6-3/h4,13-15H,1,5-12H2,2-3H3,(H,17,18). The van der Waals surface area contributed by atoms with Crippen LogP contribution in [0.2, 0.25) is 0 Å². The Bertz CT molecular complexity index is 278. The van der Waals surface area contributed by atoms with Crippen LogP contribution in [0.25, 0.3) is 0 Å². The van der Waals surface area contributed by atoms with Gasteiger partial charge in [-0.3, -0.25) is 0 Å². The molecule has 0 aliphatic heterocycles. The number of amides is 1. The van der Waals surface area contributed by atoms with Crippen molar-refractivity contribution in [3.05, 3.63) is 12.7 Å². The van der Waals surface area contributed by atoms with E-state index in [9.17, 15) is 4.79 Å². The van der Waals surface area contributed by atoms with Gasteiger partial charge in [-0.2, -0.15) is 0 Å². The smallest absolute Gasteiger partial charge is 0.407 e. The van der Waals surface area contributed by atoms with Gasteiger partial charge < -0.3 is 10.1 Å². The van der Waals surface area contributed by atoms with Crippen molar-refractivity contribution in [3.63, 3.8) is 0 Å². The Hall–Kier alpha value is -0.990. The molecule has 1 fully saturated rings. The van der Waals surface area contributed by atoms with Gasteiger partial charge >= 0.3 is 6.09 Å². The maximum Gasteiger partial charge on any atom is 0.407 e. The van der Waals surface area contributed by atoms with E-state index in [1.54, 1.807) is 0 Å². The van der Waals surface area contributed by atoms with Crippen LogP contribution in [0.5, 0.6) is 0 Å². The van der Waals surface area contributed by atoms with Gasteiger partial charge in [-0.05, 0) is 43.4 Å². The van der Waals surface area contributed by atoms with Crippen molar-refractivity contribution in [2.45, 2.75) is 52.4 Å². The van der Waals surface area contributed by atoms with Crippen molar-refractivity contribution in [2.24, 2.45) is 17.8 Å². The molecule has 0 bridgehead atoms. The molecule has 1 saturated carbocycles. The first kappa shape index (κ1) is 16.1. The molecule has 1 aliphatic carbocycles. The molecule has 3 nitrogen and oxygen atoms in total. The number of nitrogens with one attached hydrogen (secondary N) is 1. The quantitative estimate of drug-likeness (QED) is 0.604. The number of rotatable bonds is 10. The van der Waals surface area contributed by atoms with E-state index in [2.05, 4.69) is 18.8 Å². The lowest BCUT2D eigenvalue weighted by atomic mass is 10.1. The summed E-state index contributed by atoms with van der Waals surface area (Å²) >= 11 is 0. The summed E-state index contributed by atoms with van der Waals surface area (Å²) in [4.78, 5) is 11.4. The van der Waals surface area contributed by atoms with E-state index in [0.717, 1.165) is 24.7 Å². The molecular formula is C16H29NO2. The molecule has 3 unspecified atom stereocenters. The molecular weight excluding hydrogens is 238 g/mol. The second-order valence-electron chi connectivity index (χ2n) is 5.53. The van der Waals surface area contributed by atoms with Crippen LogP contribution in [0, 0.1) is 17.8 Å². The van der Waals surface area contributed by atoms with Crippen molar-refractivity contribution in [1.82, 2.24) is 5.32 Å². The van der Waals surface area contributed by atoms with Crippen LogP contribution >= 0.6 is 0 Å². The molecule has 19 heavy (non-hydrogen) atoms. The minimum absolute atomic E-state index is 0.259. The van der Waals surface area contributed by atoms with Crippen LogP contribution in [0.3, 0.4) is 0 Å². The number of allylic oxidation sites excluding steroid dienone is 1. The fourth-order valence-electron chi connectivity index (χ4n) is 2.83. The van der Waals surface area contributed by atoms with Crippen molar-refractivity contribution < 1.29 is 9.53 Å². The fraction of sp³-hybridized carbons (Fsp3) is 0.812. The number of hydrogen-bond donors (Lipinski definition) is 1. The Balaban J connectivity index is 2.25. The Kier molecular flexibility index (Phi) is 7.61. The number of unbranched alkanes of at least 4 members (excludes halogenated alkanes) is 1. The average Bonchev–Trinajstić information content (AvgIpc) is 3.09. The van der Waals surface area contributed by atoms with Crippen LogP contribution in [-0.4, -0.2) is 19.2 Å². The van der Waals surface area contributed by atoms with Gasteiger partial charge in [0.05, 0.1) is 6.61 Å². The zero-order valence-electron chi connectivity index (χ0n) is 12.5. The van der Waals surface area contributed by atoms with E-state index in [4.69, 9.17) is 4.74 Å². The van der Waals surface area contributed by atoms with Crippen LogP contribution in [-0.2, 0) is 4.74 Å². The normalized spacial score (nSPS) is 24.8. The van der Waals surface area contributed by atoms with Gasteiger partial charge in [0.2, 0.25) is 0 Å². The highest BCUT2D eigenvalue weighted by Crippen LogP contribution is 2.52. The third-order valence-corrected chi connectivity index (χ3v) is 4.03. The topological polar surface area (TPSA) is 38.3 Å². The summed E-state index contributed by atoms with van der Waals surface area (Å²) in [5.41, 5.74) is 0. The zero-order chi connectivity index (χ0) is 14.1. The number of carbonyl (C=O) groups excluding carboxylic acids is 1. The first-order valence-electron chi connectivity index (χ1n) is 7.76. The molecule has 1 rings (SSSR count). The molecule has 0 aromatic carbocycles. The minimum Gasteiger partial charge on any atom is -0.449 e. The molecule has 0 spiro atoms. The molecule has 0 saturated heterocycles. The molecule has 0 aromatic rings. The highest BCUT2D eigenvalue weighted by Gasteiger charge is 2.48. The highest BCUT2D eigenvalue weighted by atomic mass is 16.5. The predicted octanol–water partition coefficient (Wildman–Crippen LogP) is 4.14. The lowest BCUT2D eigenvalue weighted by Crippen LogP contribution is -2.25. The molecule has 1 N–H and O–H groups in total. The third kappa shape index (κ3) is 5.66. The minimum atomic E-state index is -0.259. The molecule has 0 heterocycles. The predicted molar refractivity (Wildman–Crippen MR) is 79.1 cm³/mol. The van der Waals surface area contributed by atoms with E-state index in [0.29, 0.717) is 19.1 Å². The number of carbonyl (C=O) groups is 1. The molecule has 3 heteroatoms. The Morgan fingerprint density at radius 2 is 1.95 bits per heavy atom. The van der Waals surface area contributed by atoms with Gasteiger partial charge in [0, 0.05) is 6.54 Å². The molecule has 0 radical (unpaired) electrons. The summed E-state index contributed by atoms with van der Waals surface area (Å²) in [5, 5.41) is 2.75. The summed E-state index contributed by atoms with van der Waals surface area (Å²) in [5.74, 6) is 2.08. The zero-order valence-corrected chi connectivity index (χ0v) is 12.5. The van der Waals surface area contributed by atoms with Crippen LogP contribution < -0.4 is 5.32 Å². The van der Waals surface area contributed by atoms with Gasteiger partial charge in [0.1, 0.15) is 0 Å². The maximum atomic E-state index is 11.4.